The Bertz CT molecular complexity index is 1680. The second-order valence-electron chi connectivity index (χ2n) is 9.14. The first-order valence-corrected chi connectivity index (χ1v) is 13.6. The van der Waals surface area contributed by atoms with Gasteiger partial charge in [0.25, 0.3) is 11.2 Å². The van der Waals surface area contributed by atoms with Gasteiger partial charge in [0.05, 0.1) is 47.7 Å². The number of morpholine rings is 1. The number of hydrogen-bond acceptors (Lipinski definition) is 10. The van der Waals surface area contributed by atoms with Gasteiger partial charge in [-0.05, 0) is 32.1 Å². The molecule has 208 valence electrons. The number of nitro benzene ring substituents is 1. The summed E-state index contributed by atoms with van der Waals surface area (Å²) in [6.45, 7) is 5.90. The summed E-state index contributed by atoms with van der Waals surface area (Å²) >= 11 is 1.16. The molecule has 1 fully saturated rings. The van der Waals surface area contributed by atoms with Crippen LogP contribution in [0.4, 0.5) is 11.4 Å². The van der Waals surface area contributed by atoms with Gasteiger partial charge in [0, 0.05) is 42.0 Å². The number of nitro groups is 1. The second kappa shape index (κ2) is 11.4. The Morgan fingerprint density at radius 1 is 1.25 bits per heavy atom. The number of rotatable bonds is 7. The SMILES string of the molecule is CCOC(=O)C1=C(C)N=c2s/c(=C\c3cc([N+](=O)[O-])ccc3N3CCOCC3)c(=O)n2[C@H]1c1ccccc1OC. The summed E-state index contributed by atoms with van der Waals surface area (Å²) in [4.78, 5) is 45.4. The topological polar surface area (TPSA) is 126 Å². The zero-order chi connectivity index (χ0) is 28.4. The maximum Gasteiger partial charge on any atom is 0.338 e. The van der Waals surface area contributed by atoms with Gasteiger partial charge in [-0.1, -0.05) is 29.5 Å². The highest BCUT2D eigenvalue weighted by Crippen LogP contribution is 2.35. The Morgan fingerprint density at radius 3 is 2.70 bits per heavy atom. The number of non-ortho nitro benzene ring substituents is 1. The molecule has 0 saturated carbocycles. The molecule has 0 aliphatic carbocycles. The highest BCUT2D eigenvalue weighted by molar-refractivity contribution is 7.07. The van der Waals surface area contributed by atoms with Crippen LogP contribution in [-0.2, 0) is 14.3 Å². The van der Waals surface area contributed by atoms with Crippen LogP contribution in [0, 0.1) is 10.1 Å². The van der Waals surface area contributed by atoms with E-state index in [1.54, 1.807) is 38.1 Å². The third-order valence-electron chi connectivity index (χ3n) is 6.81. The van der Waals surface area contributed by atoms with E-state index < -0.39 is 16.9 Å². The number of benzene rings is 2. The van der Waals surface area contributed by atoms with Gasteiger partial charge in [-0.3, -0.25) is 19.5 Å². The molecule has 0 spiro atoms. The van der Waals surface area contributed by atoms with Gasteiger partial charge in [0.1, 0.15) is 11.8 Å². The maximum absolute atomic E-state index is 14.0. The van der Waals surface area contributed by atoms with Crippen molar-refractivity contribution in [3.05, 3.63) is 94.7 Å². The lowest BCUT2D eigenvalue weighted by molar-refractivity contribution is -0.384. The molecule has 2 aliphatic heterocycles. The zero-order valence-corrected chi connectivity index (χ0v) is 23.1. The fourth-order valence-corrected chi connectivity index (χ4v) is 6.02. The van der Waals surface area contributed by atoms with E-state index in [2.05, 4.69) is 9.89 Å². The molecule has 0 amide bonds. The van der Waals surface area contributed by atoms with E-state index in [0.29, 0.717) is 58.2 Å². The standard InChI is InChI=1S/C28H28N4O7S/c1-4-39-27(34)24-17(2)29-28-31(25(24)20-7-5-6-8-22(20)37-3)26(33)23(40-28)16-18-15-19(32(35)36)9-10-21(18)30-11-13-38-14-12-30/h5-10,15-16,25H,4,11-14H2,1-3H3/b23-16-/t25-/m0/s1. The number of aromatic nitrogens is 1. The molecule has 2 aromatic carbocycles. The summed E-state index contributed by atoms with van der Waals surface area (Å²) in [6, 6.07) is 11.0. The van der Waals surface area contributed by atoms with E-state index in [1.807, 2.05) is 12.1 Å². The predicted octanol–water partition coefficient (Wildman–Crippen LogP) is 2.55. The third kappa shape index (κ3) is 5.03. The normalized spacial score (nSPS) is 17.3. The number of hydrogen-bond donors (Lipinski definition) is 0. The number of thiazole rings is 1. The van der Waals surface area contributed by atoms with E-state index in [1.165, 1.54) is 23.8 Å². The number of carbonyl (C=O) groups excluding carboxylic acids is 1. The Hall–Kier alpha value is -4.29. The lowest BCUT2D eigenvalue weighted by atomic mass is 9.95. The number of anilines is 1. The molecule has 40 heavy (non-hydrogen) atoms. The Kier molecular flexibility index (Phi) is 7.81. The summed E-state index contributed by atoms with van der Waals surface area (Å²) in [5, 5.41) is 11.6. The van der Waals surface area contributed by atoms with Crippen LogP contribution >= 0.6 is 11.3 Å². The van der Waals surface area contributed by atoms with E-state index in [4.69, 9.17) is 14.2 Å². The van der Waals surface area contributed by atoms with Crippen molar-refractivity contribution < 1.29 is 23.9 Å². The monoisotopic (exact) mass is 564 g/mol. The van der Waals surface area contributed by atoms with Crippen molar-refractivity contribution in [2.45, 2.75) is 19.9 Å². The molecule has 1 aromatic heterocycles. The van der Waals surface area contributed by atoms with Gasteiger partial charge < -0.3 is 19.1 Å². The lowest BCUT2D eigenvalue weighted by Crippen LogP contribution is -2.40. The Morgan fingerprint density at radius 2 is 2.00 bits per heavy atom. The fourth-order valence-electron chi connectivity index (χ4n) is 4.98. The van der Waals surface area contributed by atoms with Crippen molar-refractivity contribution in [2.24, 2.45) is 4.99 Å². The van der Waals surface area contributed by atoms with Gasteiger partial charge in [0.15, 0.2) is 4.80 Å². The minimum atomic E-state index is -0.836. The van der Waals surface area contributed by atoms with E-state index in [0.717, 1.165) is 17.0 Å². The smallest absolute Gasteiger partial charge is 0.338 e. The molecule has 0 bridgehead atoms. The molecular weight excluding hydrogens is 536 g/mol. The lowest BCUT2D eigenvalue weighted by Gasteiger charge is -2.30. The molecule has 0 radical (unpaired) electrons. The molecule has 0 N–H and O–H groups in total. The molecule has 11 nitrogen and oxygen atoms in total. The number of nitrogens with zero attached hydrogens (tertiary/aromatic N) is 4. The Labute approximate surface area is 233 Å². The van der Waals surface area contributed by atoms with Gasteiger partial charge >= 0.3 is 5.97 Å². The van der Waals surface area contributed by atoms with Crippen LogP contribution in [0.15, 0.2) is 63.5 Å². The summed E-state index contributed by atoms with van der Waals surface area (Å²) < 4.78 is 18.2. The first kappa shape index (κ1) is 27.3. The highest BCUT2D eigenvalue weighted by Gasteiger charge is 2.35. The van der Waals surface area contributed by atoms with Gasteiger partial charge in [-0.15, -0.1) is 0 Å². The van der Waals surface area contributed by atoms with Crippen LogP contribution in [0.5, 0.6) is 5.75 Å². The molecule has 3 heterocycles. The summed E-state index contributed by atoms with van der Waals surface area (Å²) in [6.07, 6.45) is 1.66. The number of methoxy groups -OCH3 is 1. The van der Waals surface area contributed by atoms with Crippen molar-refractivity contribution in [3.63, 3.8) is 0 Å². The number of esters is 1. The van der Waals surface area contributed by atoms with Crippen molar-refractivity contribution in [3.8, 4) is 5.75 Å². The minimum Gasteiger partial charge on any atom is -0.496 e. The summed E-state index contributed by atoms with van der Waals surface area (Å²) in [7, 11) is 1.53. The van der Waals surface area contributed by atoms with Crippen LogP contribution in [0.1, 0.15) is 31.0 Å². The van der Waals surface area contributed by atoms with Crippen molar-refractivity contribution in [2.75, 3.05) is 44.9 Å². The maximum atomic E-state index is 14.0. The number of carbonyl (C=O) groups is 1. The molecule has 2 aliphatic rings. The van der Waals surface area contributed by atoms with Crippen LogP contribution in [0.25, 0.3) is 6.08 Å². The molecule has 3 aromatic rings. The van der Waals surface area contributed by atoms with Gasteiger partial charge in [-0.25, -0.2) is 9.79 Å². The fraction of sp³-hybridized carbons (Fsp3) is 0.321. The van der Waals surface area contributed by atoms with Crippen LogP contribution in [-0.4, -0.2) is 55.5 Å². The first-order valence-electron chi connectivity index (χ1n) is 12.8. The van der Waals surface area contributed by atoms with Crippen LogP contribution < -0.4 is 24.5 Å². The van der Waals surface area contributed by atoms with E-state index in [9.17, 15) is 19.7 Å². The number of para-hydroxylation sites is 1. The van der Waals surface area contributed by atoms with E-state index >= 15 is 0 Å². The second-order valence-corrected chi connectivity index (χ2v) is 10.2. The van der Waals surface area contributed by atoms with Gasteiger partial charge in [-0.2, -0.15) is 0 Å². The molecule has 1 atom stereocenters. The molecular formula is C28H28N4O7S. The average molecular weight is 565 g/mol. The number of fused-ring (bicyclic) bond motifs is 1. The Balaban J connectivity index is 1.74. The number of ether oxygens (including phenoxy) is 3. The van der Waals surface area contributed by atoms with Crippen LogP contribution in [0.3, 0.4) is 0 Å². The quantitative estimate of drug-likeness (QED) is 0.244. The highest BCUT2D eigenvalue weighted by atomic mass is 32.1. The zero-order valence-electron chi connectivity index (χ0n) is 22.3. The molecule has 5 rings (SSSR count). The van der Waals surface area contributed by atoms with Crippen LogP contribution in [0.2, 0.25) is 0 Å². The first-order chi connectivity index (χ1) is 19.3. The largest absolute Gasteiger partial charge is 0.496 e. The van der Waals surface area contributed by atoms with E-state index in [-0.39, 0.29) is 23.4 Å². The average Bonchev–Trinajstić information content (AvgIpc) is 3.26. The molecule has 0 unspecified atom stereocenters. The number of allylic oxidation sites excluding steroid dienone is 1. The van der Waals surface area contributed by atoms with Crippen molar-refractivity contribution in [1.29, 1.82) is 0 Å². The summed E-state index contributed by atoms with van der Waals surface area (Å²) in [5.41, 5.74) is 2.14. The van der Waals surface area contributed by atoms with Crippen molar-refractivity contribution >= 4 is 34.8 Å². The summed E-state index contributed by atoms with van der Waals surface area (Å²) in [5.74, 6) is -0.0610. The molecule has 1 saturated heterocycles. The third-order valence-corrected chi connectivity index (χ3v) is 7.79. The minimum absolute atomic E-state index is 0.0802. The van der Waals surface area contributed by atoms with Crippen molar-refractivity contribution in [1.82, 2.24) is 4.57 Å². The predicted molar refractivity (Wildman–Crippen MR) is 150 cm³/mol. The molecule has 12 heteroatoms. The van der Waals surface area contributed by atoms with Gasteiger partial charge in [0.2, 0.25) is 0 Å².